The third kappa shape index (κ3) is 6.90. The number of carboxylic acid groups (broad SMARTS) is 1. The minimum absolute atomic E-state index is 0.164. The predicted molar refractivity (Wildman–Crippen MR) is 152 cm³/mol. The highest BCUT2D eigenvalue weighted by atomic mass is 19.4. The zero-order valence-corrected chi connectivity index (χ0v) is 23.5. The fraction of sp³-hybridized carbons (Fsp3) is 0.290. The molecule has 0 unspecified atom stereocenters. The first kappa shape index (κ1) is 31.3. The molecule has 2 aromatic heterocycles. The molecule has 1 amide bonds. The second-order valence-electron chi connectivity index (χ2n) is 10.3. The van der Waals surface area contributed by atoms with Gasteiger partial charge in [0.15, 0.2) is 0 Å². The van der Waals surface area contributed by atoms with E-state index in [0.717, 1.165) is 16.8 Å². The van der Waals surface area contributed by atoms with Crippen molar-refractivity contribution in [3.05, 3.63) is 89.2 Å². The molecule has 0 saturated heterocycles. The first-order valence-electron chi connectivity index (χ1n) is 13.5. The number of aliphatic carboxylic acids is 1. The van der Waals surface area contributed by atoms with Gasteiger partial charge in [-0.25, -0.2) is 13.6 Å². The van der Waals surface area contributed by atoms with Crippen LogP contribution in [0.25, 0.3) is 22.2 Å². The maximum absolute atomic E-state index is 14.8. The van der Waals surface area contributed by atoms with Gasteiger partial charge in [0, 0.05) is 35.5 Å². The van der Waals surface area contributed by atoms with Gasteiger partial charge in [0.2, 0.25) is 0 Å². The van der Waals surface area contributed by atoms with E-state index in [1.54, 1.807) is 36.7 Å². The van der Waals surface area contributed by atoms with Crippen LogP contribution in [0.15, 0.2) is 60.9 Å². The smallest absolute Gasteiger partial charge is 0.408 e. The van der Waals surface area contributed by atoms with Crippen molar-refractivity contribution in [2.45, 2.75) is 57.8 Å². The summed E-state index contributed by atoms with van der Waals surface area (Å²) < 4.78 is 68.9. The third-order valence-electron chi connectivity index (χ3n) is 7.02. The van der Waals surface area contributed by atoms with Crippen LogP contribution in [0.3, 0.4) is 0 Å². The standard InChI is InChI=1S/C31H29F5N4O3/c1-4-25(31(34,35)36)39-18-14-22(32)26(23(33)15-18)29(41)40-24(30(42)43)13-17-9-10-21(28-20(17)8-6-12-38-28)27-19(16(2)3)7-5-11-37-27/h5-12,14-16,24-25,39H,4,13H2,1-3H3,(H,40,41)(H,42,43)/t24-,25+/m0/s1. The summed E-state index contributed by atoms with van der Waals surface area (Å²) in [4.78, 5) is 34.1. The Balaban J connectivity index is 1.63. The van der Waals surface area contributed by atoms with E-state index in [4.69, 9.17) is 0 Å². The maximum atomic E-state index is 14.8. The average molecular weight is 601 g/mol. The Kier molecular flexibility index (Phi) is 9.27. The van der Waals surface area contributed by atoms with Crippen LogP contribution in [-0.2, 0) is 11.2 Å². The minimum atomic E-state index is -4.67. The molecule has 4 aromatic rings. The number of carbonyl (C=O) groups is 2. The van der Waals surface area contributed by atoms with Gasteiger partial charge in [-0.1, -0.05) is 45.0 Å². The summed E-state index contributed by atoms with van der Waals surface area (Å²) in [6.07, 6.45) is -2.07. The van der Waals surface area contributed by atoms with E-state index in [-0.39, 0.29) is 12.3 Å². The highest BCUT2D eigenvalue weighted by Gasteiger charge is 2.38. The first-order chi connectivity index (χ1) is 20.3. The van der Waals surface area contributed by atoms with Crippen LogP contribution in [0.4, 0.5) is 27.6 Å². The number of aromatic nitrogens is 2. The van der Waals surface area contributed by atoms with Gasteiger partial charge >= 0.3 is 12.1 Å². The topological polar surface area (TPSA) is 104 Å². The quantitative estimate of drug-likeness (QED) is 0.172. The number of pyridine rings is 2. The molecule has 43 heavy (non-hydrogen) atoms. The number of carbonyl (C=O) groups excluding carboxylic acids is 1. The Morgan fingerprint density at radius 2 is 1.63 bits per heavy atom. The molecule has 0 spiro atoms. The zero-order chi connectivity index (χ0) is 31.5. The fourth-order valence-corrected chi connectivity index (χ4v) is 4.85. The molecule has 2 heterocycles. The number of amides is 1. The van der Waals surface area contributed by atoms with Gasteiger partial charge in [0.1, 0.15) is 29.3 Å². The molecule has 226 valence electrons. The molecular formula is C31H29F5N4O3. The second-order valence-corrected chi connectivity index (χ2v) is 10.3. The molecular weight excluding hydrogens is 571 g/mol. The SMILES string of the molecule is CC[C@@H](Nc1cc(F)c(C(=O)N[C@@H](Cc2ccc(-c3ncccc3C(C)C)c3ncccc23)C(=O)O)c(F)c1)C(F)(F)F. The Bertz CT molecular complexity index is 1640. The Hall–Kier alpha value is -4.61. The van der Waals surface area contributed by atoms with E-state index in [1.807, 2.05) is 31.3 Å². The summed E-state index contributed by atoms with van der Waals surface area (Å²) in [7, 11) is 0. The van der Waals surface area contributed by atoms with Crippen molar-refractivity contribution in [3.8, 4) is 11.3 Å². The number of nitrogens with zero attached hydrogens (tertiary/aromatic N) is 2. The molecule has 2 aromatic carbocycles. The van der Waals surface area contributed by atoms with E-state index < -0.39 is 59.4 Å². The van der Waals surface area contributed by atoms with Crippen LogP contribution in [-0.4, -0.2) is 45.2 Å². The largest absolute Gasteiger partial charge is 0.480 e. The molecule has 0 saturated carbocycles. The van der Waals surface area contributed by atoms with Crippen LogP contribution < -0.4 is 10.6 Å². The van der Waals surface area contributed by atoms with Crippen molar-refractivity contribution >= 4 is 28.5 Å². The minimum Gasteiger partial charge on any atom is -0.480 e. The van der Waals surface area contributed by atoms with Crippen molar-refractivity contribution in [1.82, 2.24) is 15.3 Å². The van der Waals surface area contributed by atoms with Crippen LogP contribution in [0.2, 0.25) is 0 Å². The zero-order valence-electron chi connectivity index (χ0n) is 23.5. The normalized spacial score (nSPS) is 13.1. The molecule has 0 aliphatic heterocycles. The Morgan fingerprint density at radius 3 is 2.23 bits per heavy atom. The van der Waals surface area contributed by atoms with Gasteiger partial charge in [-0.3, -0.25) is 14.8 Å². The van der Waals surface area contributed by atoms with Crippen molar-refractivity contribution in [2.75, 3.05) is 5.32 Å². The summed E-state index contributed by atoms with van der Waals surface area (Å²) in [6, 6.07) is 8.12. The van der Waals surface area contributed by atoms with E-state index in [1.165, 1.54) is 6.92 Å². The predicted octanol–water partition coefficient (Wildman–Crippen LogP) is 6.88. The Morgan fingerprint density at radius 1 is 0.977 bits per heavy atom. The van der Waals surface area contributed by atoms with Gasteiger partial charge in [0.05, 0.1) is 11.2 Å². The van der Waals surface area contributed by atoms with Crippen molar-refractivity contribution in [1.29, 1.82) is 0 Å². The van der Waals surface area contributed by atoms with Gasteiger partial charge in [-0.15, -0.1) is 0 Å². The summed E-state index contributed by atoms with van der Waals surface area (Å²) in [5, 5.41) is 14.6. The third-order valence-corrected chi connectivity index (χ3v) is 7.02. The summed E-state index contributed by atoms with van der Waals surface area (Å²) in [5.74, 6) is -5.56. The lowest BCUT2D eigenvalue weighted by Crippen LogP contribution is -2.43. The highest BCUT2D eigenvalue weighted by Crippen LogP contribution is 2.33. The number of carboxylic acids is 1. The average Bonchev–Trinajstić information content (AvgIpc) is 2.94. The van der Waals surface area contributed by atoms with Crippen molar-refractivity contribution < 1.29 is 36.6 Å². The number of anilines is 1. The van der Waals surface area contributed by atoms with Gasteiger partial charge < -0.3 is 15.7 Å². The van der Waals surface area contributed by atoms with Crippen LogP contribution in [0.5, 0.6) is 0 Å². The Labute approximate surface area is 244 Å². The lowest BCUT2D eigenvalue weighted by molar-refractivity contribution is -0.143. The second kappa shape index (κ2) is 12.7. The van der Waals surface area contributed by atoms with Gasteiger partial charge in [0.25, 0.3) is 5.91 Å². The van der Waals surface area contributed by atoms with Gasteiger partial charge in [-0.2, -0.15) is 13.2 Å². The molecule has 7 nitrogen and oxygen atoms in total. The highest BCUT2D eigenvalue weighted by molar-refractivity contribution is 5.98. The van der Waals surface area contributed by atoms with E-state index >= 15 is 0 Å². The van der Waals surface area contributed by atoms with Crippen LogP contribution in [0, 0.1) is 11.6 Å². The van der Waals surface area contributed by atoms with Crippen molar-refractivity contribution in [3.63, 3.8) is 0 Å². The molecule has 4 rings (SSSR count). The van der Waals surface area contributed by atoms with E-state index in [9.17, 15) is 36.6 Å². The molecule has 0 fully saturated rings. The van der Waals surface area contributed by atoms with E-state index in [2.05, 4.69) is 15.3 Å². The fourth-order valence-electron chi connectivity index (χ4n) is 4.85. The number of benzene rings is 2. The molecule has 0 radical (unpaired) electrons. The molecule has 12 heteroatoms. The lowest BCUT2D eigenvalue weighted by Gasteiger charge is -2.22. The number of hydrogen-bond acceptors (Lipinski definition) is 5. The number of rotatable bonds is 10. The van der Waals surface area contributed by atoms with Crippen LogP contribution >= 0.6 is 0 Å². The molecule has 2 atom stereocenters. The van der Waals surface area contributed by atoms with E-state index in [0.29, 0.717) is 28.6 Å². The first-order valence-corrected chi connectivity index (χ1v) is 13.5. The molecule has 0 bridgehead atoms. The number of fused-ring (bicyclic) bond motifs is 1. The monoisotopic (exact) mass is 600 g/mol. The molecule has 0 aliphatic rings. The number of hydrogen-bond donors (Lipinski definition) is 3. The summed E-state index contributed by atoms with van der Waals surface area (Å²) in [5.41, 5.74) is 1.87. The van der Waals surface area contributed by atoms with Crippen LogP contribution in [0.1, 0.15) is 54.6 Å². The number of halogens is 5. The molecule has 0 aliphatic carbocycles. The number of alkyl halides is 3. The summed E-state index contributed by atoms with van der Waals surface area (Å²) in [6.45, 7) is 5.32. The molecule has 3 N–H and O–H groups in total. The maximum Gasteiger partial charge on any atom is 0.408 e. The lowest BCUT2D eigenvalue weighted by atomic mass is 9.93. The van der Waals surface area contributed by atoms with Crippen molar-refractivity contribution in [2.24, 2.45) is 0 Å². The van der Waals surface area contributed by atoms with Gasteiger partial charge in [-0.05, 0) is 47.7 Å². The summed E-state index contributed by atoms with van der Waals surface area (Å²) >= 11 is 0. The number of nitrogens with one attached hydrogen (secondary N) is 2.